The first-order chi connectivity index (χ1) is 24.0. The lowest BCUT2D eigenvalue weighted by Crippen LogP contribution is -2.40. The number of hydrogen-bond donors (Lipinski definition) is 1. The fourth-order valence-corrected chi connectivity index (χ4v) is 6.72. The number of fused-ring (bicyclic) bond motifs is 3. The minimum Gasteiger partial charge on any atom is -0.478 e. The lowest BCUT2D eigenvalue weighted by Gasteiger charge is -2.47. The van der Waals surface area contributed by atoms with Gasteiger partial charge < -0.3 is 14.6 Å². The smallest absolute Gasteiger partial charge is 0.335 e. The molecule has 2 aliphatic heterocycles. The molecule has 0 aromatic heterocycles. The number of nitriles is 1. The van der Waals surface area contributed by atoms with Crippen molar-refractivity contribution in [1.82, 2.24) is 4.90 Å². The van der Waals surface area contributed by atoms with Crippen molar-refractivity contribution in [3.63, 3.8) is 0 Å². The van der Waals surface area contributed by atoms with Gasteiger partial charge in [0, 0.05) is 24.6 Å². The normalized spacial score (nSPS) is 21.8. The second-order valence-electron chi connectivity index (χ2n) is 13.6. The molecular formula is C42H56N2O6. The van der Waals surface area contributed by atoms with Crippen molar-refractivity contribution < 1.29 is 29.0 Å². The summed E-state index contributed by atoms with van der Waals surface area (Å²) in [7, 11) is 0. The Bertz CT molecular complexity index is 1610. The number of carboxylic acids is 1. The third-order valence-electron chi connectivity index (χ3n) is 9.96. The zero-order valence-electron chi connectivity index (χ0n) is 31.3. The van der Waals surface area contributed by atoms with E-state index in [1.165, 1.54) is 52.1 Å². The van der Waals surface area contributed by atoms with Crippen LogP contribution in [0.3, 0.4) is 0 Å². The molecule has 3 aliphatic carbocycles. The average molecular weight is 685 g/mol. The van der Waals surface area contributed by atoms with Gasteiger partial charge in [-0.05, 0) is 123 Å². The fraction of sp³-hybridized carbons (Fsp3) is 0.524. The second-order valence-corrected chi connectivity index (χ2v) is 13.6. The Morgan fingerprint density at radius 2 is 1.68 bits per heavy atom. The highest BCUT2D eigenvalue weighted by molar-refractivity contribution is 6.08. The number of ether oxygens (including phenoxy) is 2. The third kappa shape index (κ3) is 10.3. The summed E-state index contributed by atoms with van der Waals surface area (Å²) >= 11 is 0. The molecule has 2 unspecified atom stereocenters. The molecule has 0 saturated heterocycles. The van der Waals surface area contributed by atoms with Crippen LogP contribution in [0.2, 0.25) is 0 Å². The van der Waals surface area contributed by atoms with Crippen LogP contribution in [0.4, 0.5) is 0 Å². The molecule has 5 aliphatic rings. The van der Waals surface area contributed by atoms with Crippen LogP contribution in [-0.4, -0.2) is 41.1 Å². The van der Waals surface area contributed by atoms with Crippen LogP contribution >= 0.6 is 0 Å². The molecule has 2 fully saturated rings. The number of imide groups is 1. The third-order valence-corrected chi connectivity index (χ3v) is 9.96. The van der Waals surface area contributed by atoms with Crippen LogP contribution in [0.5, 0.6) is 11.5 Å². The summed E-state index contributed by atoms with van der Waals surface area (Å²) in [5.41, 5.74) is 5.98. The summed E-state index contributed by atoms with van der Waals surface area (Å²) in [6, 6.07) is 12.5. The number of benzene rings is 2. The van der Waals surface area contributed by atoms with Crippen LogP contribution in [0.25, 0.3) is 0 Å². The second kappa shape index (κ2) is 18.6. The van der Waals surface area contributed by atoms with Crippen LogP contribution in [0.1, 0.15) is 132 Å². The maximum absolute atomic E-state index is 13.1. The summed E-state index contributed by atoms with van der Waals surface area (Å²) in [6.07, 6.45) is 12.5. The molecule has 2 amide bonds. The van der Waals surface area contributed by atoms with Gasteiger partial charge in [-0.3, -0.25) is 14.5 Å². The van der Waals surface area contributed by atoms with Crippen molar-refractivity contribution in [2.45, 2.75) is 107 Å². The van der Waals surface area contributed by atoms with Crippen molar-refractivity contribution in [2.75, 3.05) is 13.3 Å². The molecule has 0 radical (unpaired) electrons. The van der Waals surface area contributed by atoms with Gasteiger partial charge in [-0.15, -0.1) is 0 Å². The van der Waals surface area contributed by atoms with Gasteiger partial charge in [0.15, 0.2) is 11.5 Å². The molecule has 270 valence electrons. The molecule has 7 rings (SSSR count). The lowest BCUT2D eigenvalue weighted by molar-refractivity contribution is -0.123. The van der Waals surface area contributed by atoms with Crippen LogP contribution in [-0.2, 0) is 11.2 Å². The Kier molecular flexibility index (Phi) is 14.9. The predicted molar refractivity (Wildman–Crippen MR) is 197 cm³/mol. The van der Waals surface area contributed by atoms with Gasteiger partial charge in [-0.1, -0.05) is 64.8 Å². The number of carbonyl (C=O) groups excluding carboxylic acids is 2. The molecule has 2 aromatic rings. The Labute approximate surface area is 299 Å². The van der Waals surface area contributed by atoms with E-state index in [1.54, 1.807) is 12.1 Å². The molecule has 2 heterocycles. The zero-order chi connectivity index (χ0) is 37.0. The molecule has 3 atom stereocenters. The highest BCUT2D eigenvalue weighted by Crippen LogP contribution is 2.52. The Hall–Kier alpha value is -4.38. The van der Waals surface area contributed by atoms with Gasteiger partial charge in [0.05, 0.1) is 11.6 Å². The summed E-state index contributed by atoms with van der Waals surface area (Å²) < 4.78 is 10.0. The highest BCUT2D eigenvalue weighted by atomic mass is 16.7. The van der Waals surface area contributed by atoms with Gasteiger partial charge in [0.1, 0.15) is 0 Å². The Morgan fingerprint density at radius 3 is 2.28 bits per heavy atom. The molecule has 0 spiro atoms. The number of hydrogen-bond acceptors (Lipinski definition) is 6. The quantitative estimate of drug-likeness (QED) is 0.210. The largest absolute Gasteiger partial charge is 0.478 e. The molecule has 2 saturated carbocycles. The van der Waals surface area contributed by atoms with Gasteiger partial charge in [-0.25, -0.2) is 4.79 Å². The number of allylic oxidation sites excluding steroid dienone is 3. The van der Waals surface area contributed by atoms with E-state index in [0.29, 0.717) is 35.4 Å². The summed E-state index contributed by atoms with van der Waals surface area (Å²) in [6.45, 7) is 17.6. The topological polar surface area (TPSA) is 117 Å². The molecule has 1 N–H and O–H groups in total. The van der Waals surface area contributed by atoms with Gasteiger partial charge in [0.2, 0.25) is 6.79 Å². The highest BCUT2D eigenvalue weighted by Gasteiger charge is 2.45. The van der Waals surface area contributed by atoms with Crippen molar-refractivity contribution in [1.29, 1.82) is 5.26 Å². The minimum absolute atomic E-state index is 0.0166. The number of carbonyl (C=O) groups is 3. The fourth-order valence-electron chi connectivity index (χ4n) is 6.72. The van der Waals surface area contributed by atoms with E-state index in [-0.39, 0.29) is 29.6 Å². The van der Waals surface area contributed by atoms with Crippen LogP contribution in [0, 0.1) is 34.5 Å². The van der Waals surface area contributed by atoms with E-state index < -0.39 is 5.97 Å². The van der Waals surface area contributed by atoms with E-state index in [9.17, 15) is 14.4 Å². The summed E-state index contributed by atoms with van der Waals surface area (Å²) in [5, 5.41) is 16.6. The van der Waals surface area contributed by atoms with Crippen LogP contribution < -0.4 is 9.47 Å². The number of amides is 2. The van der Waals surface area contributed by atoms with Crippen molar-refractivity contribution >= 4 is 17.8 Å². The first-order valence-corrected chi connectivity index (χ1v) is 18.3. The van der Waals surface area contributed by atoms with Gasteiger partial charge in [-0.2, -0.15) is 5.26 Å². The van der Waals surface area contributed by atoms with E-state index in [1.807, 2.05) is 45.9 Å². The van der Waals surface area contributed by atoms with Crippen molar-refractivity contribution in [3.05, 3.63) is 82.0 Å². The number of rotatable bonds is 5. The number of aromatic carboxylic acids is 1. The van der Waals surface area contributed by atoms with E-state index in [0.717, 1.165) is 44.4 Å². The van der Waals surface area contributed by atoms with E-state index >= 15 is 0 Å². The summed E-state index contributed by atoms with van der Waals surface area (Å²) in [5.74, 6) is 1.77. The molecule has 0 bridgehead atoms. The minimum atomic E-state index is -0.965. The molecule has 2 aromatic carbocycles. The maximum Gasteiger partial charge on any atom is 0.335 e. The van der Waals surface area contributed by atoms with E-state index in [2.05, 4.69) is 39.8 Å². The molecule has 8 nitrogen and oxygen atoms in total. The monoisotopic (exact) mass is 684 g/mol. The molecular weight excluding hydrogens is 628 g/mol. The first kappa shape index (κ1) is 40.1. The number of nitrogens with zero attached hydrogens (tertiary/aromatic N) is 2. The SMILES string of the molecule is CC.CC.CC(C)=CC[C@H]1C(C)CCC2=CC(=O)N(C(=O)c3ccc4c(c3)C4)CCC21C.N#CCC1CC1.O=C(O)c1ccc2c(c1)OCO2. The van der Waals surface area contributed by atoms with Gasteiger partial charge >= 0.3 is 5.97 Å². The van der Waals surface area contributed by atoms with Gasteiger partial charge in [0.25, 0.3) is 11.8 Å². The maximum atomic E-state index is 13.1. The first-order valence-electron chi connectivity index (χ1n) is 18.3. The molecule has 8 heteroatoms. The predicted octanol–water partition coefficient (Wildman–Crippen LogP) is 9.77. The Morgan fingerprint density at radius 1 is 1.00 bits per heavy atom. The van der Waals surface area contributed by atoms with E-state index in [4.69, 9.17) is 19.8 Å². The molecule has 50 heavy (non-hydrogen) atoms. The lowest BCUT2D eigenvalue weighted by atomic mass is 9.58. The summed E-state index contributed by atoms with van der Waals surface area (Å²) in [4.78, 5) is 38.1. The average Bonchev–Trinajstić information content (AvgIpc) is 4.04. The zero-order valence-corrected chi connectivity index (χ0v) is 31.3. The van der Waals surface area contributed by atoms with Crippen molar-refractivity contribution in [2.24, 2.45) is 23.2 Å². The van der Waals surface area contributed by atoms with Crippen molar-refractivity contribution in [3.8, 4) is 17.6 Å². The standard InChI is InChI=1S/C25H31NO2.C8H6O4.C5H7N.2C2H6/c1-16(2)5-10-22-17(3)6-9-21-15-23(27)26(12-11-25(21,22)4)24(28)19-8-7-18-13-20(18)14-19;9-8(10)5-1-2-6-7(3-5)12-4-11-6;6-4-3-5-1-2-5;2*1-2/h5,7-8,14-15,17,22H,6,9-13H2,1-4H3;1-3H,4H2,(H,9,10);5H,1-3H2;2*1-2H3/t17?,22-,25?;;;;/m0..../s1. The number of carboxylic acid groups (broad SMARTS) is 1. The van der Waals surface area contributed by atoms with Crippen LogP contribution in [0.15, 0.2) is 59.7 Å². The Balaban J connectivity index is 0.000000251.